The Kier molecular flexibility index (Phi) is 1.81. The Bertz CT molecular complexity index is 508. The Morgan fingerprint density at radius 3 is 3.00 bits per heavy atom. The molecule has 0 atom stereocenters. The van der Waals surface area contributed by atoms with Crippen LogP contribution in [0.25, 0.3) is 10.9 Å². The summed E-state index contributed by atoms with van der Waals surface area (Å²) >= 11 is 0. The molecule has 0 aliphatic carbocycles. The molecular formula is C10H7N2O2. The van der Waals surface area contributed by atoms with Gasteiger partial charge in [0.15, 0.2) is 0 Å². The van der Waals surface area contributed by atoms with Crippen molar-refractivity contribution in [1.29, 1.82) is 0 Å². The van der Waals surface area contributed by atoms with Crippen LogP contribution in [0.1, 0.15) is 10.5 Å². The van der Waals surface area contributed by atoms with Crippen molar-refractivity contribution >= 4 is 16.8 Å². The highest BCUT2D eigenvalue weighted by molar-refractivity contribution is 5.93. The molecule has 0 aliphatic rings. The molecule has 2 aromatic rings. The van der Waals surface area contributed by atoms with Gasteiger partial charge in [-0.05, 0) is 24.3 Å². The van der Waals surface area contributed by atoms with Crippen molar-refractivity contribution in [3.8, 4) is 5.75 Å². The van der Waals surface area contributed by atoms with Crippen LogP contribution in [0.4, 0.5) is 0 Å². The zero-order valence-corrected chi connectivity index (χ0v) is 7.19. The van der Waals surface area contributed by atoms with E-state index in [0.29, 0.717) is 5.52 Å². The summed E-state index contributed by atoms with van der Waals surface area (Å²) in [5, 5.41) is 9.89. The van der Waals surface area contributed by atoms with Gasteiger partial charge in [-0.1, -0.05) is 0 Å². The summed E-state index contributed by atoms with van der Waals surface area (Å²) in [5.41, 5.74) is 5.76. The number of carbonyl (C=O) groups is 1. The largest absolute Gasteiger partial charge is 0.508 e. The van der Waals surface area contributed by atoms with Crippen LogP contribution in [0.2, 0.25) is 0 Å². The predicted octanol–water partition coefficient (Wildman–Crippen LogP) is 0.839. The monoisotopic (exact) mass is 187 g/mol. The van der Waals surface area contributed by atoms with Crippen LogP contribution in [-0.2, 0) is 0 Å². The van der Waals surface area contributed by atoms with Crippen LogP contribution < -0.4 is 5.73 Å². The first-order valence-corrected chi connectivity index (χ1v) is 3.98. The van der Waals surface area contributed by atoms with Crippen LogP contribution in [0.3, 0.4) is 0 Å². The van der Waals surface area contributed by atoms with Gasteiger partial charge in [0.25, 0.3) is 5.91 Å². The summed E-state index contributed by atoms with van der Waals surface area (Å²) in [6.45, 7) is 0. The number of fused-ring (bicyclic) bond motifs is 1. The van der Waals surface area contributed by atoms with Gasteiger partial charge in [-0.2, -0.15) is 0 Å². The molecule has 4 nitrogen and oxygen atoms in total. The number of aromatic nitrogens is 1. The third-order valence-corrected chi connectivity index (χ3v) is 1.84. The molecule has 4 heteroatoms. The molecule has 3 N–H and O–H groups in total. The van der Waals surface area contributed by atoms with Crippen molar-refractivity contribution in [2.24, 2.45) is 5.73 Å². The molecule has 0 unspecified atom stereocenters. The maximum atomic E-state index is 10.8. The summed E-state index contributed by atoms with van der Waals surface area (Å²) < 4.78 is 0. The standard InChI is InChI=1S/C10H7N2O2/c11-10(14)9-3-1-6-5-7(13)2-4-8(6)12-9/h1-2,4-5,13H,(H2,11,14). The molecule has 1 aromatic heterocycles. The summed E-state index contributed by atoms with van der Waals surface area (Å²) in [5.74, 6) is -0.459. The lowest BCUT2D eigenvalue weighted by molar-refractivity contribution is 0.0995. The van der Waals surface area contributed by atoms with Crippen LogP contribution in [-0.4, -0.2) is 16.0 Å². The Hall–Kier alpha value is -2.10. The van der Waals surface area contributed by atoms with E-state index in [2.05, 4.69) is 11.1 Å². The number of nitrogens with two attached hydrogens (primary N) is 1. The molecule has 0 bridgehead atoms. The number of phenols is 1. The minimum absolute atomic E-state index is 0.100. The average Bonchev–Trinajstić information content (AvgIpc) is 2.16. The molecule has 69 valence electrons. The van der Waals surface area contributed by atoms with Gasteiger partial charge in [0.05, 0.1) is 5.52 Å². The average molecular weight is 187 g/mol. The number of hydrogen-bond acceptors (Lipinski definition) is 3. The quantitative estimate of drug-likeness (QED) is 0.694. The van der Waals surface area contributed by atoms with E-state index in [1.165, 1.54) is 6.07 Å². The molecule has 0 aliphatic heterocycles. The van der Waals surface area contributed by atoms with Crippen LogP contribution in [0, 0.1) is 6.07 Å². The highest BCUT2D eigenvalue weighted by Gasteiger charge is 2.03. The Balaban J connectivity index is 2.67. The summed E-state index contributed by atoms with van der Waals surface area (Å²) in [6, 6.07) is 8.87. The van der Waals surface area contributed by atoms with E-state index in [4.69, 9.17) is 5.73 Å². The number of amides is 1. The van der Waals surface area contributed by atoms with Gasteiger partial charge in [0.1, 0.15) is 11.4 Å². The summed E-state index contributed by atoms with van der Waals surface area (Å²) in [6.07, 6.45) is 0. The Morgan fingerprint density at radius 1 is 1.50 bits per heavy atom. The SMILES string of the molecule is NC(=O)c1[c]cc2cc(O)ccc2n1. The van der Waals surface area contributed by atoms with Crippen LogP contribution in [0.15, 0.2) is 24.3 Å². The molecule has 1 aromatic carbocycles. The van der Waals surface area contributed by atoms with Gasteiger partial charge < -0.3 is 10.8 Å². The van der Waals surface area contributed by atoms with E-state index in [0.717, 1.165) is 5.39 Å². The molecule has 0 saturated carbocycles. The molecule has 0 saturated heterocycles. The lowest BCUT2D eigenvalue weighted by Crippen LogP contribution is -2.12. The third-order valence-electron chi connectivity index (χ3n) is 1.84. The molecule has 0 spiro atoms. The van der Waals surface area contributed by atoms with E-state index in [1.54, 1.807) is 18.2 Å². The van der Waals surface area contributed by atoms with Gasteiger partial charge in [0.2, 0.25) is 0 Å². The molecular weight excluding hydrogens is 180 g/mol. The number of rotatable bonds is 1. The number of hydrogen-bond donors (Lipinski definition) is 2. The Morgan fingerprint density at radius 2 is 2.29 bits per heavy atom. The number of carbonyl (C=O) groups excluding carboxylic acids is 1. The molecule has 1 radical (unpaired) electrons. The molecule has 1 amide bonds. The fourth-order valence-electron chi connectivity index (χ4n) is 1.18. The van der Waals surface area contributed by atoms with Gasteiger partial charge in [-0.3, -0.25) is 4.79 Å². The van der Waals surface area contributed by atoms with Crippen LogP contribution in [0.5, 0.6) is 5.75 Å². The first-order valence-electron chi connectivity index (χ1n) is 3.98. The number of primary amides is 1. The van der Waals surface area contributed by atoms with Gasteiger partial charge >= 0.3 is 0 Å². The second-order valence-corrected chi connectivity index (χ2v) is 2.86. The minimum atomic E-state index is -0.611. The number of pyridine rings is 1. The highest BCUT2D eigenvalue weighted by Crippen LogP contribution is 2.17. The smallest absolute Gasteiger partial charge is 0.267 e. The lowest BCUT2D eigenvalue weighted by atomic mass is 10.2. The van der Waals surface area contributed by atoms with E-state index in [1.807, 2.05) is 0 Å². The fourth-order valence-corrected chi connectivity index (χ4v) is 1.18. The number of phenolic OH excluding ortho intramolecular Hbond substituents is 1. The summed E-state index contributed by atoms with van der Waals surface area (Å²) in [4.78, 5) is 14.8. The number of benzene rings is 1. The van der Waals surface area contributed by atoms with Gasteiger partial charge in [-0.25, -0.2) is 4.98 Å². The van der Waals surface area contributed by atoms with Crippen molar-refractivity contribution in [1.82, 2.24) is 4.98 Å². The van der Waals surface area contributed by atoms with Gasteiger partial charge in [0, 0.05) is 11.5 Å². The summed E-state index contributed by atoms with van der Waals surface area (Å²) in [7, 11) is 0. The topological polar surface area (TPSA) is 76.2 Å². The number of aromatic hydroxyl groups is 1. The van der Waals surface area contributed by atoms with E-state index in [9.17, 15) is 9.90 Å². The highest BCUT2D eigenvalue weighted by atomic mass is 16.3. The zero-order chi connectivity index (χ0) is 10.1. The predicted molar refractivity (Wildman–Crippen MR) is 50.8 cm³/mol. The maximum absolute atomic E-state index is 10.8. The lowest BCUT2D eigenvalue weighted by Gasteiger charge is -1.99. The third kappa shape index (κ3) is 1.37. The zero-order valence-electron chi connectivity index (χ0n) is 7.19. The van der Waals surface area contributed by atoms with Crippen molar-refractivity contribution in [2.75, 3.05) is 0 Å². The molecule has 1 heterocycles. The normalized spacial score (nSPS) is 10.3. The van der Waals surface area contributed by atoms with E-state index < -0.39 is 5.91 Å². The van der Waals surface area contributed by atoms with Crippen molar-refractivity contribution < 1.29 is 9.90 Å². The van der Waals surface area contributed by atoms with Crippen LogP contribution >= 0.6 is 0 Å². The van der Waals surface area contributed by atoms with Crippen molar-refractivity contribution in [3.63, 3.8) is 0 Å². The molecule has 0 fully saturated rings. The van der Waals surface area contributed by atoms with E-state index >= 15 is 0 Å². The second-order valence-electron chi connectivity index (χ2n) is 2.86. The fraction of sp³-hybridized carbons (Fsp3) is 0. The first-order chi connectivity index (χ1) is 6.66. The molecule has 14 heavy (non-hydrogen) atoms. The second kappa shape index (κ2) is 2.99. The number of nitrogens with zero attached hydrogens (tertiary/aromatic N) is 1. The van der Waals surface area contributed by atoms with Gasteiger partial charge in [-0.15, -0.1) is 0 Å². The molecule has 2 rings (SSSR count). The van der Waals surface area contributed by atoms with E-state index in [-0.39, 0.29) is 11.4 Å². The van der Waals surface area contributed by atoms with Crippen molar-refractivity contribution in [2.45, 2.75) is 0 Å². The minimum Gasteiger partial charge on any atom is -0.508 e. The Labute approximate surface area is 80.0 Å². The van der Waals surface area contributed by atoms with Crippen molar-refractivity contribution in [3.05, 3.63) is 36.0 Å². The first kappa shape index (κ1) is 8.50. The maximum Gasteiger partial charge on any atom is 0.267 e.